The first-order valence-electron chi connectivity index (χ1n) is 9.94. The Labute approximate surface area is 206 Å². The molecule has 0 amide bonds. The molecule has 0 saturated heterocycles. The van der Waals surface area contributed by atoms with Gasteiger partial charge in [-0.05, 0) is 76.4 Å². The van der Waals surface area contributed by atoms with E-state index < -0.39 is 0 Å². The van der Waals surface area contributed by atoms with Crippen LogP contribution >= 0.6 is 47.8 Å². The molecule has 0 aliphatic rings. The van der Waals surface area contributed by atoms with E-state index in [9.17, 15) is 4.79 Å². The van der Waals surface area contributed by atoms with E-state index in [1.54, 1.807) is 12.3 Å². The third-order valence-electron chi connectivity index (χ3n) is 4.41. The second-order valence-electron chi connectivity index (χ2n) is 6.59. The minimum Gasteiger partial charge on any atom is -0.490 e. The van der Waals surface area contributed by atoms with Crippen LogP contribution in [-0.2, 0) is 6.42 Å². The number of benzene rings is 2. The Kier molecular flexibility index (Phi) is 8.30. The van der Waals surface area contributed by atoms with E-state index in [2.05, 4.69) is 57.9 Å². The van der Waals surface area contributed by atoms with Crippen molar-refractivity contribution in [2.24, 2.45) is 5.10 Å². The van der Waals surface area contributed by atoms with E-state index in [4.69, 9.17) is 9.47 Å². The molecule has 0 unspecified atom stereocenters. The van der Waals surface area contributed by atoms with Gasteiger partial charge in [0.15, 0.2) is 11.5 Å². The van der Waals surface area contributed by atoms with E-state index in [1.165, 1.54) is 4.68 Å². The van der Waals surface area contributed by atoms with Crippen LogP contribution in [0.2, 0.25) is 0 Å². The molecule has 0 bridgehead atoms. The smallest absolute Gasteiger partial charge is 0.282 e. The van der Waals surface area contributed by atoms with Crippen molar-refractivity contribution in [2.45, 2.75) is 33.6 Å². The Balaban J connectivity index is 2.15. The summed E-state index contributed by atoms with van der Waals surface area (Å²) < 4.78 is 15.2. The summed E-state index contributed by atoms with van der Waals surface area (Å²) in [6, 6.07) is 7.32. The summed E-state index contributed by atoms with van der Waals surface area (Å²) >= 11 is 10.6. The summed E-state index contributed by atoms with van der Waals surface area (Å²) in [6.07, 6.45) is 3.10. The molecule has 0 spiro atoms. The molecule has 3 aromatic rings. The van der Waals surface area contributed by atoms with Crippen LogP contribution in [0.15, 0.2) is 47.6 Å². The van der Waals surface area contributed by atoms with Crippen molar-refractivity contribution >= 4 is 64.9 Å². The SMILES string of the molecule is CCCc1nc2ccc(Br)cc2c(=O)n1N=Cc1cc(OCC)c(OCC)c(Br)c1Br. The van der Waals surface area contributed by atoms with Gasteiger partial charge in [0, 0.05) is 20.9 Å². The minimum atomic E-state index is -0.211. The molecule has 0 saturated carbocycles. The Hall–Kier alpha value is -1.71. The van der Waals surface area contributed by atoms with Gasteiger partial charge in [0.1, 0.15) is 5.82 Å². The van der Waals surface area contributed by atoms with E-state index in [0.717, 1.165) is 25.4 Å². The molecular formula is C22H22Br3N3O3. The Morgan fingerprint density at radius 1 is 1.06 bits per heavy atom. The molecule has 1 heterocycles. The lowest BCUT2D eigenvalue weighted by Gasteiger charge is -2.15. The molecule has 31 heavy (non-hydrogen) atoms. The van der Waals surface area contributed by atoms with Crippen molar-refractivity contribution < 1.29 is 9.47 Å². The Bertz CT molecular complexity index is 1190. The topological polar surface area (TPSA) is 65.7 Å². The number of rotatable bonds is 8. The number of hydrogen-bond donors (Lipinski definition) is 0. The largest absolute Gasteiger partial charge is 0.490 e. The highest BCUT2D eigenvalue weighted by molar-refractivity contribution is 9.13. The van der Waals surface area contributed by atoms with Crippen LogP contribution in [0.3, 0.4) is 0 Å². The second-order valence-corrected chi connectivity index (χ2v) is 9.09. The summed E-state index contributed by atoms with van der Waals surface area (Å²) in [4.78, 5) is 17.8. The number of hydrogen-bond acceptors (Lipinski definition) is 5. The maximum Gasteiger partial charge on any atom is 0.282 e. The Morgan fingerprint density at radius 3 is 2.48 bits per heavy atom. The molecule has 2 aromatic carbocycles. The number of nitrogens with zero attached hydrogens (tertiary/aromatic N) is 3. The molecule has 6 nitrogen and oxygen atoms in total. The van der Waals surface area contributed by atoms with Gasteiger partial charge < -0.3 is 9.47 Å². The number of fused-ring (bicyclic) bond motifs is 1. The highest BCUT2D eigenvalue weighted by Gasteiger charge is 2.17. The lowest BCUT2D eigenvalue weighted by atomic mass is 10.2. The van der Waals surface area contributed by atoms with Crippen molar-refractivity contribution in [3.05, 3.63) is 59.4 Å². The molecule has 164 valence electrons. The zero-order valence-corrected chi connectivity index (χ0v) is 22.2. The van der Waals surface area contributed by atoms with Gasteiger partial charge in [0.2, 0.25) is 0 Å². The molecule has 0 fully saturated rings. The van der Waals surface area contributed by atoms with E-state index in [-0.39, 0.29) is 5.56 Å². The van der Waals surface area contributed by atoms with Crippen LogP contribution in [-0.4, -0.2) is 29.1 Å². The van der Waals surface area contributed by atoms with Gasteiger partial charge in [0.25, 0.3) is 5.56 Å². The average Bonchev–Trinajstić information content (AvgIpc) is 2.75. The third kappa shape index (κ3) is 5.21. The van der Waals surface area contributed by atoms with Crippen LogP contribution in [0, 0.1) is 0 Å². The number of ether oxygens (including phenoxy) is 2. The fraction of sp³-hybridized carbons (Fsp3) is 0.318. The van der Waals surface area contributed by atoms with Gasteiger partial charge >= 0.3 is 0 Å². The standard InChI is InChI=1S/C22H22Br3N3O3/c1-4-7-18-27-16-9-8-14(23)11-15(16)22(29)28(18)26-12-13-10-17(30-5-2)21(31-6-3)20(25)19(13)24/h8-12H,4-7H2,1-3H3. The second kappa shape index (κ2) is 10.7. The van der Waals surface area contributed by atoms with Crippen LogP contribution in [0.1, 0.15) is 38.6 Å². The zero-order chi connectivity index (χ0) is 22.5. The predicted octanol–water partition coefficient (Wildman–Crippen LogP) is 6.32. The fourth-order valence-electron chi connectivity index (χ4n) is 3.06. The first-order valence-corrected chi connectivity index (χ1v) is 12.3. The summed E-state index contributed by atoms with van der Waals surface area (Å²) in [5, 5.41) is 5.02. The maximum atomic E-state index is 13.2. The molecule has 0 aliphatic carbocycles. The molecule has 0 aliphatic heterocycles. The molecule has 9 heteroatoms. The first kappa shape index (κ1) is 23.9. The molecular weight excluding hydrogens is 594 g/mol. The quantitative estimate of drug-likeness (QED) is 0.278. The van der Waals surface area contributed by atoms with Gasteiger partial charge in [-0.2, -0.15) is 9.78 Å². The fourth-order valence-corrected chi connectivity index (χ4v) is 4.36. The van der Waals surface area contributed by atoms with Crippen LogP contribution in [0.5, 0.6) is 11.5 Å². The van der Waals surface area contributed by atoms with Crippen molar-refractivity contribution in [2.75, 3.05) is 13.2 Å². The van der Waals surface area contributed by atoms with Crippen LogP contribution < -0.4 is 15.0 Å². The highest BCUT2D eigenvalue weighted by Crippen LogP contribution is 2.42. The lowest BCUT2D eigenvalue weighted by molar-refractivity contribution is 0.286. The Morgan fingerprint density at radius 2 is 1.81 bits per heavy atom. The monoisotopic (exact) mass is 613 g/mol. The van der Waals surface area contributed by atoms with Crippen LogP contribution in [0.4, 0.5) is 0 Å². The van der Waals surface area contributed by atoms with E-state index in [0.29, 0.717) is 47.9 Å². The van der Waals surface area contributed by atoms with Gasteiger partial charge in [0.05, 0.1) is 34.8 Å². The number of aryl methyl sites for hydroxylation is 1. The summed E-state index contributed by atoms with van der Waals surface area (Å²) in [5.74, 6) is 1.83. The van der Waals surface area contributed by atoms with Crippen molar-refractivity contribution in [3.63, 3.8) is 0 Å². The van der Waals surface area contributed by atoms with E-state index in [1.807, 2.05) is 39.0 Å². The first-order chi connectivity index (χ1) is 14.9. The highest BCUT2D eigenvalue weighted by atomic mass is 79.9. The van der Waals surface area contributed by atoms with Crippen molar-refractivity contribution in [1.82, 2.24) is 9.66 Å². The minimum absolute atomic E-state index is 0.211. The van der Waals surface area contributed by atoms with Crippen molar-refractivity contribution in [1.29, 1.82) is 0 Å². The third-order valence-corrected chi connectivity index (χ3v) is 7.04. The van der Waals surface area contributed by atoms with Crippen LogP contribution in [0.25, 0.3) is 10.9 Å². The number of aromatic nitrogens is 2. The molecule has 0 N–H and O–H groups in total. The van der Waals surface area contributed by atoms with E-state index >= 15 is 0 Å². The molecule has 0 atom stereocenters. The average molecular weight is 616 g/mol. The predicted molar refractivity (Wildman–Crippen MR) is 135 cm³/mol. The maximum absolute atomic E-state index is 13.2. The van der Waals surface area contributed by atoms with Gasteiger partial charge in [-0.25, -0.2) is 4.98 Å². The summed E-state index contributed by atoms with van der Waals surface area (Å²) in [7, 11) is 0. The summed E-state index contributed by atoms with van der Waals surface area (Å²) in [5.41, 5.74) is 1.19. The molecule has 0 radical (unpaired) electrons. The number of halogens is 3. The zero-order valence-electron chi connectivity index (χ0n) is 17.4. The van der Waals surface area contributed by atoms with Crippen molar-refractivity contribution in [3.8, 4) is 11.5 Å². The van der Waals surface area contributed by atoms with Gasteiger partial charge in [-0.15, -0.1) is 0 Å². The van der Waals surface area contributed by atoms with Gasteiger partial charge in [-0.1, -0.05) is 22.9 Å². The normalized spacial score (nSPS) is 11.4. The molecule has 3 rings (SSSR count). The lowest BCUT2D eigenvalue weighted by Crippen LogP contribution is -2.22. The van der Waals surface area contributed by atoms with Gasteiger partial charge in [-0.3, -0.25) is 4.79 Å². The summed E-state index contributed by atoms with van der Waals surface area (Å²) in [6.45, 7) is 6.87. The molecule has 1 aromatic heterocycles.